The van der Waals surface area contributed by atoms with Gasteiger partial charge in [0.15, 0.2) is 0 Å². The third kappa shape index (κ3) is 4.44. The maximum absolute atomic E-state index is 14.0. The van der Waals surface area contributed by atoms with Crippen molar-refractivity contribution in [3.63, 3.8) is 0 Å². The van der Waals surface area contributed by atoms with Gasteiger partial charge in [-0.25, -0.2) is 0 Å². The van der Waals surface area contributed by atoms with Crippen molar-refractivity contribution in [3.8, 4) is 0 Å². The summed E-state index contributed by atoms with van der Waals surface area (Å²) in [6.45, 7) is 1.77. The van der Waals surface area contributed by atoms with Crippen molar-refractivity contribution in [3.05, 3.63) is 154 Å². The second kappa shape index (κ2) is 10.3. The predicted octanol–water partition coefficient (Wildman–Crippen LogP) is 7.86. The number of benzene rings is 4. The summed E-state index contributed by atoms with van der Waals surface area (Å²) in [6.07, 6.45) is 7.81. The van der Waals surface area contributed by atoms with E-state index in [1.807, 2.05) is 77.1 Å². The summed E-state index contributed by atoms with van der Waals surface area (Å²) in [5.41, 5.74) is 3.87. The van der Waals surface area contributed by atoms with Gasteiger partial charge in [-0.15, -0.1) is 0 Å². The number of carbonyl (C=O) groups is 2. The van der Waals surface area contributed by atoms with E-state index in [0.29, 0.717) is 0 Å². The minimum absolute atomic E-state index is 0.132. The van der Waals surface area contributed by atoms with Crippen LogP contribution in [0.5, 0.6) is 0 Å². The van der Waals surface area contributed by atoms with E-state index in [1.54, 1.807) is 6.92 Å². The van der Waals surface area contributed by atoms with Crippen LogP contribution >= 0.6 is 0 Å². The molecule has 4 aromatic carbocycles. The van der Waals surface area contributed by atoms with Crippen molar-refractivity contribution >= 4 is 28.4 Å². The Morgan fingerprint density at radius 1 is 0.634 bits per heavy atom. The van der Waals surface area contributed by atoms with Crippen LogP contribution in [-0.4, -0.2) is 16.3 Å². The molecule has 0 radical (unpaired) electrons. The second-order valence-corrected chi connectivity index (χ2v) is 17.8. The first-order chi connectivity index (χ1) is 19.8. The van der Waals surface area contributed by atoms with Crippen LogP contribution in [0.4, 0.5) is 8.78 Å². The molecule has 41 heavy (non-hydrogen) atoms. The van der Waals surface area contributed by atoms with E-state index in [9.17, 15) is 18.4 Å². The van der Waals surface area contributed by atoms with Gasteiger partial charge in [-0.05, 0) is 0 Å². The van der Waals surface area contributed by atoms with Crippen LogP contribution in [0.15, 0.2) is 109 Å². The Bertz CT molecular complexity index is 1670. The van der Waals surface area contributed by atoms with Crippen LogP contribution in [0.3, 0.4) is 0 Å². The van der Waals surface area contributed by atoms with Crippen molar-refractivity contribution in [2.75, 3.05) is 0 Å². The fraction of sp³-hybridized carbons (Fsp3) is 0.0882. The summed E-state index contributed by atoms with van der Waals surface area (Å²) in [6, 6.07) is 25.6. The molecular formula is C34H26F2O4Ti. The average molecular weight is 584 g/mol. The zero-order valence-corrected chi connectivity index (χ0v) is 23.7. The summed E-state index contributed by atoms with van der Waals surface area (Å²) in [5, 5.41) is 0. The SMILES string of the molecule is C[CH]=[Ti]([O]C(=O)c1ccc(F)cc1)([O]C(=O)c1ccc(F)cc1)([CH]1C=Cc2ccccc21)[CH]1C=Cc2ccccc21. The summed E-state index contributed by atoms with van der Waals surface area (Å²) < 4.78 is 41.7. The Balaban J connectivity index is 1.63. The Labute approximate surface area is 237 Å². The van der Waals surface area contributed by atoms with Crippen LogP contribution in [-0.2, 0) is 22.3 Å². The zero-order chi connectivity index (χ0) is 28.6. The topological polar surface area (TPSA) is 52.6 Å². The van der Waals surface area contributed by atoms with E-state index >= 15 is 0 Å². The second-order valence-electron chi connectivity index (χ2n) is 10.3. The molecular weight excluding hydrogens is 558 g/mol. The van der Waals surface area contributed by atoms with E-state index in [2.05, 4.69) is 0 Å². The molecule has 2 unspecified atom stereocenters. The first kappa shape index (κ1) is 26.9. The Hall–Kier alpha value is -4.26. The van der Waals surface area contributed by atoms with E-state index in [1.165, 1.54) is 48.5 Å². The molecule has 0 saturated heterocycles. The molecule has 0 heterocycles. The van der Waals surface area contributed by atoms with Gasteiger partial charge in [-0.2, -0.15) is 0 Å². The van der Waals surface area contributed by atoms with Gasteiger partial charge in [0, 0.05) is 0 Å². The molecule has 204 valence electrons. The van der Waals surface area contributed by atoms with E-state index in [-0.39, 0.29) is 11.1 Å². The first-order valence-corrected chi connectivity index (χ1v) is 17.3. The van der Waals surface area contributed by atoms with Crippen LogP contribution in [0, 0.1) is 11.6 Å². The molecule has 6 rings (SSSR count). The molecule has 0 aliphatic heterocycles. The number of hydrogen-bond donors (Lipinski definition) is 0. The number of allylic oxidation sites excluding steroid dienone is 2. The molecule has 4 nitrogen and oxygen atoms in total. The molecule has 0 bridgehead atoms. The number of rotatable bonds is 6. The number of fused-ring (bicyclic) bond motifs is 2. The van der Waals surface area contributed by atoms with Gasteiger partial charge in [0.2, 0.25) is 0 Å². The monoisotopic (exact) mass is 584 g/mol. The molecule has 2 aliphatic carbocycles. The maximum atomic E-state index is 14.0. The third-order valence-corrected chi connectivity index (χ3v) is 17.3. The quantitative estimate of drug-likeness (QED) is 0.217. The van der Waals surface area contributed by atoms with Gasteiger partial charge < -0.3 is 0 Å². The van der Waals surface area contributed by atoms with Crippen molar-refractivity contribution in [2.45, 2.75) is 15.4 Å². The predicted molar refractivity (Wildman–Crippen MR) is 152 cm³/mol. The zero-order valence-electron chi connectivity index (χ0n) is 22.2. The molecule has 0 fully saturated rings. The van der Waals surface area contributed by atoms with Crippen molar-refractivity contribution in [2.24, 2.45) is 0 Å². The van der Waals surface area contributed by atoms with Crippen molar-refractivity contribution in [1.82, 2.24) is 0 Å². The van der Waals surface area contributed by atoms with Crippen molar-refractivity contribution in [1.29, 1.82) is 0 Å². The molecule has 0 saturated carbocycles. The van der Waals surface area contributed by atoms with Crippen LogP contribution < -0.4 is 0 Å². The fourth-order valence-electron chi connectivity index (χ4n) is 6.12. The summed E-state index contributed by atoms with van der Waals surface area (Å²) >= 11 is -5.72. The van der Waals surface area contributed by atoms with Crippen LogP contribution in [0.25, 0.3) is 12.2 Å². The normalized spacial score (nSPS) is 17.1. The van der Waals surface area contributed by atoms with Crippen LogP contribution in [0.2, 0.25) is 0 Å². The summed E-state index contributed by atoms with van der Waals surface area (Å²) in [5.74, 6) is -2.42. The molecule has 0 aromatic heterocycles. The molecule has 2 aliphatic rings. The van der Waals surface area contributed by atoms with Gasteiger partial charge in [0.05, 0.1) is 0 Å². The molecule has 0 spiro atoms. The number of hydrogen-bond acceptors (Lipinski definition) is 4. The van der Waals surface area contributed by atoms with Gasteiger partial charge >= 0.3 is 239 Å². The molecule has 0 amide bonds. The fourth-order valence-corrected chi connectivity index (χ4v) is 14.9. The molecule has 4 aromatic rings. The Morgan fingerprint density at radius 3 is 1.41 bits per heavy atom. The van der Waals surface area contributed by atoms with Crippen LogP contribution in [0.1, 0.15) is 58.3 Å². The average Bonchev–Trinajstić information content (AvgIpc) is 3.63. The van der Waals surface area contributed by atoms with Gasteiger partial charge in [-0.3, -0.25) is 0 Å². The Morgan fingerprint density at radius 2 is 1.02 bits per heavy atom. The third-order valence-electron chi connectivity index (χ3n) is 8.18. The number of carbonyl (C=O) groups excluding carboxylic acids is 2. The molecule has 0 N–H and O–H groups in total. The van der Waals surface area contributed by atoms with E-state index in [0.717, 1.165) is 22.3 Å². The summed E-state index contributed by atoms with van der Waals surface area (Å²) in [7, 11) is 0. The minimum atomic E-state index is -5.72. The van der Waals surface area contributed by atoms with E-state index < -0.39 is 47.6 Å². The molecule has 2 atom stereocenters. The van der Waals surface area contributed by atoms with Crippen molar-refractivity contribution < 1.29 is 40.6 Å². The Kier molecular flexibility index (Phi) is 6.76. The number of halogens is 2. The van der Waals surface area contributed by atoms with Gasteiger partial charge in [0.25, 0.3) is 0 Å². The molecule has 7 heteroatoms. The summed E-state index contributed by atoms with van der Waals surface area (Å²) in [4.78, 5) is 28.1. The first-order valence-electron chi connectivity index (χ1n) is 13.3. The van der Waals surface area contributed by atoms with E-state index in [4.69, 9.17) is 6.64 Å². The van der Waals surface area contributed by atoms with Gasteiger partial charge in [-0.1, -0.05) is 0 Å². The van der Waals surface area contributed by atoms with Gasteiger partial charge in [0.1, 0.15) is 0 Å². The standard InChI is InChI=1S/2C9H7.2C7H5FO2.C2H4.Ti/c2*1-2-5-9-7-3-6-8(9)4-1;2*8-6-3-1-5(2-4-6)7(9)10;1-2;/h2*1-7H;2*1-4H,(H,9,10);1H,2H3;/q;;;;;+2/p-2.